The fourth-order valence-corrected chi connectivity index (χ4v) is 2.58. The third-order valence-corrected chi connectivity index (χ3v) is 3.91. The van der Waals surface area contributed by atoms with Crippen LogP contribution in [-0.4, -0.2) is 29.7 Å². The van der Waals surface area contributed by atoms with Crippen molar-refractivity contribution in [2.75, 3.05) is 19.7 Å². The summed E-state index contributed by atoms with van der Waals surface area (Å²) in [6.45, 7) is 5.13. The van der Waals surface area contributed by atoms with Crippen LogP contribution in [0.1, 0.15) is 30.4 Å². The lowest BCUT2D eigenvalue weighted by Crippen LogP contribution is -2.28. The van der Waals surface area contributed by atoms with Gasteiger partial charge in [0.1, 0.15) is 0 Å². The van der Waals surface area contributed by atoms with Crippen molar-refractivity contribution in [1.29, 1.82) is 0 Å². The summed E-state index contributed by atoms with van der Waals surface area (Å²) in [5.74, 6) is 0.545. The summed E-state index contributed by atoms with van der Waals surface area (Å²) in [5.41, 5.74) is 2.69. The maximum Gasteiger partial charge on any atom is 0.0558 e. The van der Waals surface area contributed by atoms with E-state index in [1.165, 1.54) is 11.1 Å². The fourth-order valence-electron chi connectivity index (χ4n) is 2.58. The van der Waals surface area contributed by atoms with Crippen LogP contribution in [0.15, 0.2) is 60.7 Å². The smallest absolute Gasteiger partial charge is 0.0558 e. The molecule has 0 amide bonds. The Hall–Kier alpha value is -1.64. The summed E-state index contributed by atoms with van der Waals surface area (Å²) in [4.78, 5) is 2.33. The van der Waals surface area contributed by atoms with E-state index >= 15 is 0 Å². The minimum Gasteiger partial charge on any atom is -0.395 e. The summed E-state index contributed by atoms with van der Waals surface area (Å²) in [5, 5.41) is 9.26. The quantitative estimate of drug-likeness (QED) is 0.799. The number of hydrogen-bond donors (Lipinski definition) is 1. The highest BCUT2D eigenvalue weighted by Gasteiger charge is 2.10. The molecule has 0 aromatic heterocycles. The van der Waals surface area contributed by atoms with Crippen molar-refractivity contribution in [1.82, 2.24) is 4.90 Å². The van der Waals surface area contributed by atoms with Crippen LogP contribution < -0.4 is 0 Å². The Morgan fingerprint density at radius 3 is 2.14 bits per heavy atom. The number of rotatable bonds is 8. The van der Waals surface area contributed by atoms with E-state index in [2.05, 4.69) is 66.4 Å². The topological polar surface area (TPSA) is 23.5 Å². The highest BCUT2D eigenvalue weighted by molar-refractivity contribution is 5.18. The van der Waals surface area contributed by atoms with E-state index in [0.29, 0.717) is 5.92 Å². The molecule has 0 saturated carbocycles. The van der Waals surface area contributed by atoms with Crippen LogP contribution >= 0.6 is 0 Å². The second kappa shape index (κ2) is 8.60. The molecular weight excluding hydrogens is 258 g/mol. The average molecular weight is 283 g/mol. The van der Waals surface area contributed by atoms with Gasteiger partial charge in [-0.3, -0.25) is 4.90 Å². The first-order valence-corrected chi connectivity index (χ1v) is 7.71. The van der Waals surface area contributed by atoms with Crippen molar-refractivity contribution in [2.24, 2.45) is 0 Å². The Kier molecular flexibility index (Phi) is 6.45. The van der Waals surface area contributed by atoms with E-state index in [1.54, 1.807) is 0 Å². The molecule has 1 N–H and O–H groups in total. The van der Waals surface area contributed by atoms with Gasteiger partial charge in [0.15, 0.2) is 0 Å². The molecule has 0 aliphatic heterocycles. The molecule has 0 unspecified atom stereocenters. The van der Waals surface area contributed by atoms with Gasteiger partial charge in [0, 0.05) is 13.1 Å². The summed E-state index contributed by atoms with van der Waals surface area (Å²) < 4.78 is 0. The van der Waals surface area contributed by atoms with Crippen molar-refractivity contribution < 1.29 is 5.11 Å². The Labute approximate surface area is 128 Å². The second-order valence-corrected chi connectivity index (χ2v) is 5.59. The van der Waals surface area contributed by atoms with E-state index < -0.39 is 0 Å². The number of aliphatic hydroxyl groups excluding tert-OH is 1. The third-order valence-electron chi connectivity index (χ3n) is 3.91. The zero-order chi connectivity index (χ0) is 14.9. The maximum absolute atomic E-state index is 9.26. The molecule has 0 bridgehead atoms. The van der Waals surface area contributed by atoms with Crippen LogP contribution in [0, 0.1) is 0 Å². The molecule has 2 nitrogen and oxygen atoms in total. The zero-order valence-corrected chi connectivity index (χ0v) is 12.8. The van der Waals surface area contributed by atoms with Gasteiger partial charge in [-0.2, -0.15) is 0 Å². The van der Waals surface area contributed by atoms with Gasteiger partial charge in [-0.15, -0.1) is 0 Å². The van der Waals surface area contributed by atoms with Gasteiger partial charge >= 0.3 is 0 Å². The number of nitrogens with zero attached hydrogens (tertiary/aromatic N) is 1. The van der Waals surface area contributed by atoms with Crippen molar-refractivity contribution in [3.05, 3.63) is 71.8 Å². The minimum absolute atomic E-state index is 0.215. The molecule has 1 atom stereocenters. The van der Waals surface area contributed by atoms with E-state index in [4.69, 9.17) is 0 Å². The molecule has 0 heterocycles. The molecule has 0 spiro atoms. The van der Waals surface area contributed by atoms with Crippen LogP contribution in [-0.2, 0) is 6.54 Å². The van der Waals surface area contributed by atoms with Crippen molar-refractivity contribution >= 4 is 0 Å². The predicted octanol–water partition coefficient (Wildman–Crippen LogP) is 3.67. The van der Waals surface area contributed by atoms with Gasteiger partial charge in [-0.25, -0.2) is 0 Å². The van der Waals surface area contributed by atoms with E-state index in [0.717, 1.165) is 26.1 Å². The van der Waals surface area contributed by atoms with Crippen LogP contribution in [0.4, 0.5) is 0 Å². The molecule has 0 radical (unpaired) electrons. The van der Waals surface area contributed by atoms with Crippen LogP contribution in [0.5, 0.6) is 0 Å². The summed E-state index contributed by atoms with van der Waals surface area (Å²) >= 11 is 0. The van der Waals surface area contributed by atoms with Gasteiger partial charge in [0.2, 0.25) is 0 Å². The Bertz CT molecular complexity index is 497. The monoisotopic (exact) mass is 283 g/mol. The molecule has 0 aliphatic carbocycles. The molecule has 21 heavy (non-hydrogen) atoms. The summed E-state index contributed by atoms with van der Waals surface area (Å²) in [6, 6.07) is 21.1. The zero-order valence-electron chi connectivity index (χ0n) is 12.8. The molecule has 112 valence electrons. The van der Waals surface area contributed by atoms with Crippen LogP contribution in [0.2, 0.25) is 0 Å². The number of aliphatic hydroxyl groups is 1. The minimum atomic E-state index is 0.215. The third kappa shape index (κ3) is 5.33. The first-order valence-electron chi connectivity index (χ1n) is 7.71. The SMILES string of the molecule is C[C@@H](CCN(CCO)Cc1ccccc1)c1ccccc1. The number of hydrogen-bond acceptors (Lipinski definition) is 2. The standard InChI is InChI=1S/C19H25NO/c1-17(19-10-6-3-7-11-19)12-13-20(14-15-21)16-18-8-4-2-5-9-18/h2-11,17,21H,12-16H2,1H3/t17-/m0/s1. The average Bonchev–Trinajstić information content (AvgIpc) is 2.54. The number of benzene rings is 2. The summed E-state index contributed by atoms with van der Waals surface area (Å²) in [6.07, 6.45) is 1.11. The van der Waals surface area contributed by atoms with Crippen LogP contribution in [0.3, 0.4) is 0 Å². The summed E-state index contributed by atoms with van der Waals surface area (Å²) in [7, 11) is 0. The first kappa shape index (κ1) is 15.7. The van der Waals surface area contributed by atoms with E-state index in [9.17, 15) is 5.11 Å². The molecule has 0 fully saturated rings. The Morgan fingerprint density at radius 1 is 0.905 bits per heavy atom. The Balaban J connectivity index is 1.88. The van der Waals surface area contributed by atoms with Crippen LogP contribution in [0.25, 0.3) is 0 Å². The molecule has 2 heteroatoms. The van der Waals surface area contributed by atoms with E-state index in [1.807, 2.05) is 6.07 Å². The van der Waals surface area contributed by atoms with Gasteiger partial charge < -0.3 is 5.11 Å². The molecule has 0 aliphatic rings. The second-order valence-electron chi connectivity index (χ2n) is 5.59. The van der Waals surface area contributed by atoms with Crippen molar-refractivity contribution in [3.8, 4) is 0 Å². The maximum atomic E-state index is 9.26. The normalized spacial score (nSPS) is 12.5. The van der Waals surface area contributed by atoms with Gasteiger partial charge in [-0.05, 0) is 30.0 Å². The molecule has 2 rings (SSSR count). The predicted molar refractivity (Wildman–Crippen MR) is 88.3 cm³/mol. The molecular formula is C19H25NO. The fraction of sp³-hybridized carbons (Fsp3) is 0.368. The lowest BCUT2D eigenvalue weighted by Gasteiger charge is -2.23. The molecule has 0 saturated heterocycles. The molecule has 2 aromatic carbocycles. The first-order chi connectivity index (χ1) is 10.3. The Morgan fingerprint density at radius 2 is 1.52 bits per heavy atom. The van der Waals surface area contributed by atoms with E-state index in [-0.39, 0.29) is 6.61 Å². The van der Waals surface area contributed by atoms with Crippen molar-refractivity contribution in [2.45, 2.75) is 25.8 Å². The lowest BCUT2D eigenvalue weighted by molar-refractivity contribution is 0.186. The highest BCUT2D eigenvalue weighted by Crippen LogP contribution is 2.19. The molecule has 2 aromatic rings. The lowest BCUT2D eigenvalue weighted by atomic mass is 9.97. The highest BCUT2D eigenvalue weighted by atomic mass is 16.3. The van der Waals surface area contributed by atoms with Gasteiger partial charge in [0.25, 0.3) is 0 Å². The van der Waals surface area contributed by atoms with Gasteiger partial charge in [0.05, 0.1) is 6.61 Å². The largest absolute Gasteiger partial charge is 0.395 e. The van der Waals surface area contributed by atoms with Gasteiger partial charge in [-0.1, -0.05) is 67.6 Å². The van der Waals surface area contributed by atoms with Crippen molar-refractivity contribution in [3.63, 3.8) is 0 Å².